The van der Waals surface area contributed by atoms with Gasteiger partial charge in [0.1, 0.15) is 5.75 Å². The fourth-order valence-electron chi connectivity index (χ4n) is 1.98. The Bertz CT molecular complexity index is 801. The zero-order valence-corrected chi connectivity index (χ0v) is 13.0. The van der Waals surface area contributed by atoms with Crippen LogP contribution in [0, 0.1) is 0 Å². The highest BCUT2D eigenvalue weighted by molar-refractivity contribution is 7.98. The molecule has 1 N–H and O–H groups in total. The number of nitrogens with zero attached hydrogens (tertiary/aromatic N) is 3. The minimum atomic E-state index is -0.876. The van der Waals surface area contributed by atoms with E-state index in [0.29, 0.717) is 5.16 Å². The van der Waals surface area contributed by atoms with Crippen molar-refractivity contribution in [2.75, 3.05) is 12.9 Å². The second-order valence-electron chi connectivity index (χ2n) is 4.24. The average Bonchev–Trinajstić information content (AvgIpc) is 2.51. The molecule has 2 rings (SSSR count). The molecule has 0 fully saturated rings. The third-order valence-corrected chi connectivity index (χ3v) is 3.49. The minimum absolute atomic E-state index is 0.0964. The van der Waals surface area contributed by atoms with Gasteiger partial charge in [-0.3, -0.25) is 9.36 Å². The first kappa shape index (κ1) is 16.0. The molecular formula is C14H15N3O4S. The maximum atomic E-state index is 12.5. The van der Waals surface area contributed by atoms with Crippen molar-refractivity contribution in [2.24, 2.45) is 0 Å². The number of esters is 1. The van der Waals surface area contributed by atoms with Gasteiger partial charge in [0, 0.05) is 12.7 Å². The number of hydrogen-bond acceptors (Lipinski definition) is 7. The SMILES string of the molecule is C=CCn1c(=O)c(C(=O)OCC)c(O)c2cnc(SC)nc21. The van der Waals surface area contributed by atoms with Gasteiger partial charge in [-0.2, -0.15) is 0 Å². The Labute approximate surface area is 130 Å². The monoisotopic (exact) mass is 321 g/mol. The highest BCUT2D eigenvalue weighted by Gasteiger charge is 2.24. The predicted octanol–water partition coefficient (Wildman–Crippen LogP) is 1.58. The molecule has 0 atom stereocenters. The molecule has 2 aromatic heterocycles. The molecule has 0 saturated carbocycles. The fourth-order valence-corrected chi connectivity index (χ4v) is 2.32. The van der Waals surface area contributed by atoms with Gasteiger partial charge in [-0.25, -0.2) is 14.8 Å². The van der Waals surface area contributed by atoms with E-state index in [1.807, 2.05) is 0 Å². The van der Waals surface area contributed by atoms with Crippen LogP contribution in [0.1, 0.15) is 17.3 Å². The van der Waals surface area contributed by atoms with E-state index in [1.54, 1.807) is 13.2 Å². The number of aromatic hydroxyl groups is 1. The maximum Gasteiger partial charge on any atom is 0.347 e. The molecule has 0 spiro atoms. The molecule has 0 unspecified atom stereocenters. The lowest BCUT2D eigenvalue weighted by atomic mass is 10.2. The normalized spacial score (nSPS) is 10.6. The van der Waals surface area contributed by atoms with Crippen LogP contribution < -0.4 is 5.56 Å². The third-order valence-electron chi connectivity index (χ3n) is 2.93. The van der Waals surface area contributed by atoms with Crippen molar-refractivity contribution in [2.45, 2.75) is 18.6 Å². The number of thioether (sulfide) groups is 1. The molecule has 0 bridgehead atoms. The van der Waals surface area contributed by atoms with Crippen molar-refractivity contribution in [3.63, 3.8) is 0 Å². The van der Waals surface area contributed by atoms with Crippen LogP contribution in [0.3, 0.4) is 0 Å². The van der Waals surface area contributed by atoms with Crippen LogP contribution in [-0.4, -0.2) is 38.5 Å². The van der Waals surface area contributed by atoms with Gasteiger partial charge >= 0.3 is 5.97 Å². The van der Waals surface area contributed by atoms with E-state index in [0.717, 1.165) is 0 Å². The van der Waals surface area contributed by atoms with Crippen LogP contribution in [0.15, 0.2) is 28.8 Å². The molecule has 0 aliphatic carbocycles. The number of fused-ring (bicyclic) bond motifs is 1. The molecule has 0 radical (unpaired) electrons. The molecular weight excluding hydrogens is 306 g/mol. The Balaban J connectivity index is 2.87. The Hall–Kier alpha value is -2.35. The summed E-state index contributed by atoms with van der Waals surface area (Å²) in [4.78, 5) is 32.7. The summed E-state index contributed by atoms with van der Waals surface area (Å²) in [6.07, 6.45) is 4.68. The maximum absolute atomic E-state index is 12.5. The minimum Gasteiger partial charge on any atom is -0.506 e. The molecule has 7 nitrogen and oxygen atoms in total. The third kappa shape index (κ3) is 2.69. The second-order valence-corrected chi connectivity index (χ2v) is 5.02. The fraction of sp³-hybridized carbons (Fsp3) is 0.286. The Morgan fingerprint density at radius 3 is 2.91 bits per heavy atom. The number of pyridine rings is 1. The Morgan fingerprint density at radius 1 is 1.59 bits per heavy atom. The summed E-state index contributed by atoms with van der Waals surface area (Å²) < 4.78 is 6.09. The summed E-state index contributed by atoms with van der Waals surface area (Å²) >= 11 is 1.30. The van der Waals surface area contributed by atoms with Crippen LogP contribution in [0.2, 0.25) is 0 Å². The molecule has 0 amide bonds. The zero-order valence-electron chi connectivity index (χ0n) is 12.2. The lowest BCUT2D eigenvalue weighted by Gasteiger charge is -2.12. The molecule has 0 aromatic carbocycles. The van der Waals surface area contributed by atoms with Crippen molar-refractivity contribution in [1.29, 1.82) is 0 Å². The molecule has 0 aliphatic rings. The molecule has 8 heteroatoms. The predicted molar refractivity (Wildman–Crippen MR) is 83.4 cm³/mol. The average molecular weight is 321 g/mol. The highest BCUT2D eigenvalue weighted by Crippen LogP contribution is 2.26. The standard InChI is InChI=1S/C14H15N3O4S/c1-4-6-17-11-8(7-15-14(16-11)22-3)10(18)9(12(17)19)13(20)21-5-2/h4,7,18H,1,5-6H2,2-3H3. The van der Waals surface area contributed by atoms with Crippen LogP contribution in [0.25, 0.3) is 11.0 Å². The quantitative estimate of drug-likeness (QED) is 0.387. The van der Waals surface area contributed by atoms with E-state index < -0.39 is 22.8 Å². The van der Waals surface area contributed by atoms with Gasteiger partial charge in [-0.05, 0) is 13.2 Å². The number of hydrogen-bond donors (Lipinski definition) is 1. The first-order chi connectivity index (χ1) is 10.5. The zero-order chi connectivity index (χ0) is 16.3. The Morgan fingerprint density at radius 2 is 2.32 bits per heavy atom. The molecule has 0 saturated heterocycles. The number of carbonyl (C=O) groups excluding carboxylic acids is 1. The summed E-state index contributed by atoms with van der Waals surface area (Å²) in [7, 11) is 0. The number of aromatic nitrogens is 3. The van der Waals surface area contributed by atoms with Crippen molar-refractivity contribution in [1.82, 2.24) is 14.5 Å². The second kappa shape index (κ2) is 6.61. The topological polar surface area (TPSA) is 94.3 Å². The number of allylic oxidation sites excluding steroid dienone is 1. The van der Waals surface area contributed by atoms with Crippen LogP contribution in [0.5, 0.6) is 5.75 Å². The van der Waals surface area contributed by atoms with E-state index in [4.69, 9.17) is 4.74 Å². The first-order valence-electron chi connectivity index (χ1n) is 6.49. The smallest absolute Gasteiger partial charge is 0.347 e. The van der Waals surface area contributed by atoms with E-state index in [1.165, 1.54) is 28.6 Å². The van der Waals surface area contributed by atoms with Crippen LogP contribution in [0.4, 0.5) is 0 Å². The number of carbonyl (C=O) groups is 1. The summed E-state index contributed by atoms with van der Waals surface area (Å²) in [6.45, 7) is 5.45. The van der Waals surface area contributed by atoms with Gasteiger partial charge in [0.2, 0.25) is 0 Å². The van der Waals surface area contributed by atoms with Gasteiger partial charge in [0.05, 0.1) is 12.0 Å². The molecule has 2 aromatic rings. The van der Waals surface area contributed by atoms with Gasteiger partial charge in [-0.15, -0.1) is 6.58 Å². The molecule has 22 heavy (non-hydrogen) atoms. The van der Waals surface area contributed by atoms with Gasteiger partial charge in [-0.1, -0.05) is 17.8 Å². The lowest BCUT2D eigenvalue weighted by Crippen LogP contribution is -2.28. The number of rotatable bonds is 5. The van der Waals surface area contributed by atoms with E-state index in [9.17, 15) is 14.7 Å². The van der Waals surface area contributed by atoms with Gasteiger partial charge in [0.25, 0.3) is 5.56 Å². The summed E-state index contributed by atoms with van der Waals surface area (Å²) in [5, 5.41) is 10.9. The van der Waals surface area contributed by atoms with E-state index in [-0.39, 0.29) is 24.2 Å². The van der Waals surface area contributed by atoms with E-state index >= 15 is 0 Å². The van der Waals surface area contributed by atoms with Crippen molar-refractivity contribution >= 4 is 28.8 Å². The molecule has 116 valence electrons. The van der Waals surface area contributed by atoms with Crippen LogP contribution in [-0.2, 0) is 11.3 Å². The van der Waals surface area contributed by atoms with Crippen molar-refractivity contribution in [3.8, 4) is 5.75 Å². The van der Waals surface area contributed by atoms with Gasteiger partial charge < -0.3 is 9.84 Å². The van der Waals surface area contributed by atoms with Crippen LogP contribution >= 0.6 is 11.8 Å². The summed E-state index contributed by atoms with van der Waals surface area (Å²) in [5.74, 6) is -1.34. The van der Waals surface area contributed by atoms with Crippen molar-refractivity contribution < 1.29 is 14.6 Å². The first-order valence-corrected chi connectivity index (χ1v) is 7.72. The highest BCUT2D eigenvalue weighted by atomic mass is 32.2. The summed E-state index contributed by atoms with van der Waals surface area (Å²) in [6, 6.07) is 0. The van der Waals surface area contributed by atoms with Gasteiger partial charge in [0.15, 0.2) is 16.4 Å². The molecule has 2 heterocycles. The largest absolute Gasteiger partial charge is 0.506 e. The molecule has 0 aliphatic heterocycles. The number of ether oxygens (including phenoxy) is 1. The van der Waals surface area contributed by atoms with Crippen molar-refractivity contribution in [3.05, 3.63) is 34.8 Å². The lowest BCUT2D eigenvalue weighted by molar-refractivity contribution is 0.0520. The summed E-state index contributed by atoms with van der Waals surface area (Å²) in [5.41, 5.74) is -0.847. The van der Waals surface area contributed by atoms with E-state index in [2.05, 4.69) is 16.5 Å². The Kier molecular flexibility index (Phi) is 4.81.